The lowest BCUT2D eigenvalue weighted by Crippen LogP contribution is -2.30. The van der Waals surface area contributed by atoms with E-state index in [-0.39, 0.29) is 17.9 Å². The van der Waals surface area contributed by atoms with Gasteiger partial charge < -0.3 is 0 Å². The van der Waals surface area contributed by atoms with Crippen LogP contribution in [0.4, 0.5) is 4.39 Å². The third-order valence-corrected chi connectivity index (χ3v) is 6.03. The van der Waals surface area contributed by atoms with Gasteiger partial charge in [0.1, 0.15) is 17.2 Å². The molecule has 1 aliphatic rings. The number of carbonyl (C=O) groups is 1. The number of hydrogen-bond acceptors (Lipinski definition) is 5. The Kier molecular flexibility index (Phi) is 5.04. The van der Waals surface area contributed by atoms with Crippen molar-refractivity contribution in [3.8, 4) is 0 Å². The van der Waals surface area contributed by atoms with Crippen LogP contribution in [0.15, 0.2) is 40.5 Å². The molecule has 0 radical (unpaired) electrons. The van der Waals surface area contributed by atoms with Gasteiger partial charge in [0.2, 0.25) is 0 Å². The van der Waals surface area contributed by atoms with E-state index in [0.717, 1.165) is 29.7 Å². The summed E-state index contributed by atoms with van der Waals surface area (Å²) in [7, 11) is 0. The molecule has 6 nitrogen and oxygen atoms in total. The Labute approximate surface area is 164 Å². The zero-order chi connectivity index (χ0) is 19.7. The Bertz CT molecular complexity index is 1120. The maximum Gasteiger partial charge on any atom is 0.262 e. The minimum absolute atomic E-state index is 0.163. The minimum atomic E-state index is -0.431. The topological polar surface area (TPSA) is 76.3 Å². The number of halogens is 1. The van der Waals surface area contributed by atoms with Crippen LogP contribution in [0.2, 0.25) is 0 Å². The number of carbonyl (C=O) groups excluding carboxylic acids is 1. The molecule has 2 heterocycles. The fraction of sp³-hybridized carbons (Fsp3) is 0.300. The molecule has 1 amide bonds. The Hall–Kier alpha value is -2.87. The van der Waals surface area contributed by atoms with E-state index >= 15 is 0 Å². The van der Waals surface area contributed by atoms with Gasteiger partial charge in [-0.3, -0.25) is 14.2 Å². The van der Waals surface area contributed by atoms with Crippen molar-refractivity contribution in [3.63, 3.8) is 0 Å². The van der Waals surface area contributed by atoms with E-state index in [1.54, 1.807) is 23.5 Å². The fourth-order valence-electron chi connectivity index (χ4n) is 3.40. The first-order chi connectivity index (χ1) is 13.5. The first-order valence-corrected chi connectivity index (χ1v) is 9.90. The van der Waals surface area contributed by atoms with Crippen molar-refractivity contribution in [3.05, 3.63) is 62.8 Å². The van der Waals surface area contributed by atoms with Gasteiger partial charge in [0.15, 0.2) is 0 Å². The number of hydrazone groups is 1. The fourth-order valence-corrected chi connectivity index (χ4v) is 4.74. The van der Waals surface area contributed by atoms with Crippen molar-refractivity contribution < 1.29 is 9.18 Å². The van der Waals surface area contributed by atoms with Crippen LogP contribution in [0.25, 0.3) is 10.2 Å². The molecule has 144 valence electrons. The van der Waals surface area contributed by atoms with Gasteiger partial charge in [-0.05, 0) is 48.4 Å². The molecule has 3 aromatic rings. The van der Waals surface area contributed by atoms with Gasteiger partial charge >= 0.3 is 0 Å². The average molecular weight is 398 g/mol. The Balaban J connectivity index is 1.50. The van der Waals surface area contributed by atoms with Crippen molar-refractivity contribution in [2.45, 2.75) is 32.7 Å². The van der Waals surface area contributed by atoms with Crippen LogP contribution in [0, 0.1) is 11.7 Å². The summed E-state index contributed by atoms with van der Waals surface area (Å²) < 4.78 is 14.2. The molecule has 1 N–H and O–H groups in total. The molecule has 0 fully saturated rings. The molecule has 1 aromatic carbocycles. The zero-order valence-corrected chi connectivity index (χ0v) is 16.1. The monoisotopic (exact) mass is 398 g/mol. The second-order valence-electron chi connectivity index (χ2n) is 7.05. The summed E-state index contributed by atoms with van der Waals surface area (Å²) in [6.45, 7) is 2.05. The minimum Gasteiger partial charge on any atom is -0.289 e. The third-order valence-electron chi connectivity index (χ3n) is 4.87. The summed E-state index contributed by atoms with van der Waals surface area (Å²) in [6, 6.07) is 5.72. The molecule has 0 saturated heterocycles. The molecular weight excluding hydrogens is 379 g/mol. The molecule has 2 aromatic heterocycles. The van der Waals surface area contributed by atoms with Crippen molar-refractivity contribution in [1.82, 2.24) is 15.0 Å². The Morgan fingerprint density at radius 1 is 1.43 bits per heavy atom. The first-order valence-electron chi connectivity index (χ1n) is 9.08. The van der Waals surface area contributed by atoms with Crippen LogP contribution in [0.1, 0.15) is 29.3 Å². The van der Waals surface area contributed by atoms with E-state index in [4.69, 9.17) is 0 Å². The lowest BCUT2D eigenvalue weighted by Gasteiger charge is -2.17. The molecule has 0 aliphatic heterocycles. The average Bonchev–Trinajstić information content (AvgIpc) is 3.04. The van der Waals surface area contributed by atoms with Crippen LogP contribution in [0.5, 0.6) is 0 Å². The van der Waals surface area contributed by atoms with Crippen LogP contribution >= 0.6 is 11.3 Å². The van der Waals surface area contributed by atoms with E-state index in [9.17, 15) is 14.0 Å². The van der Waals surface area contributed by atoms with E-state index in [1.807, 2.05) is 0 Å². The van der Waals surface area contributed by atoms with Gasteiger partial charge in [-0.15, -0.1) is 11.3 Å². The molecule has 8 heteroatoms. The Morgan fingerprint density at radius 2 is 2.21 bits per heavy atom. The summed E-state index contributed by atoms with van der Waals surface area (Å²) in [6.07, 6.45) is 5.75. The molecule has 1 aliphatic carbocycles. The number of hydrogen-bond donors (Lipinski definition) is 1. The number of rotatable bonds is 4. The summed E-state index contributed by atoms with van der Waals surface area (Å²) >= 11 is 1.58. The quantitative estimate of drug-likeness (QED) is 0.542. The number of nitrogens with one attached hydrogen (secondary N) is 1. The number of nitrogens with zero attached hydrogens (tertiary/aromatic N) is 3. The van der Waals surface area contributed by atoms with Crippen molar-refractivity contribution in [2.24, 2.45) is 11.0 Å². The van der Waals surface area contributed by atoms with Gasteiger partial charge in [-0.2, -0.15) is 5.10 Å². The molecule has 0 saturated carbocycles. The number of amides is 1. The summed E-state index contributed by atoms with van der Waals surface area (Å²) in [5, 5.41) is 4.50. The standard InChI is InChI=1S/C20H19FN4O2S/c1-12-2-7-15-16(8-12)28-19-18(15)20(27)25(11-22-19)10-17(26)24-23-9-13-3-5-14(21)6-4-13/h3-6,9,11-12H,2,7-8,10H2,1H3,(H,24,26)/t12-/m0/s1. The first kappa shape index (κ1) is 18.5. The molecule has 1 atom stereocenters. The van der Waals surface area contributed by atoms with Gasteiger partial charge in [-0.25, -0.2) is 14.8 Å². The zero-order valence-electron chi connectivity index (χ0n) is 15.3. The van der Waals surface area contributed by atoms with Crippen molar-refractivity contribution in [1.29, 1.82) is 0 Å². The molecule has 0 unspecified atom stereocenters. The third kappa shape index (κ3) is 3.73. The van der Waals surface area contributed by atoms with E-state index in [0.29, 0.717) is 16.9 Å². The van der Waals surface area contributed by atoms with Crippen LogP contribution in [0.3, 0.4) is 0 Å². The SMILES string of the molecule is C[C@H]1CCc2c(sc3ncn(CC(=O)NN=Cc4ccc(F)cc4)c(=O)c23)C1. The highest BCUT2D eigenvalue weighted by Crippen LogP contribution is 2.35. The summed E-state index contributed by atoms with van der Waals surface area (Å²) in [4.78, 5) is 31.4. The maximum absolute atomic E-state index is 12.9. The van der Waals surface area contributed by atoms with E-state index in [2.05, 4.69) is 22.4 Å². The summed E-state index contributed by atoms with van der Waals surface area (Å²) in [5.41, 5.74) is 3.95. The lowest BCUT2D eigenvalue weighted by molar-refractivity contribution is -0.121. The van der Waals surface area contributed by atoms with Crippen LogP contribution in [-0.4, -0.2) is 21.7 Å². The predicted octanol–water partition coefficient (Wildman–Crippen LogP) is 2.87. The molecule has 0 bridgehead atoms. The smallest absolute Gasteiger partial charge is 0.262 e. The van der Waals surface area contributed by atoms with Gasteiger partial charge in [-0.1, -0.05) is 19.1 Å². The number of aryl methyl sites for hydroxylation is 1. The largest absolute Gasteiger partial charge is 0.289 e. The van der Waals surface area contributed by atoms with Crippen molar-refractivity contribution >= 4 is 33.7 Å². The molecule has 4 rings (SSSR count). The van der Waals surface area contributed by atoms with E-state index < -0.39 is 5.91 Å². The lowest BCUT2D eigenvalue weighted by atomic mass is 9.89. The van der Waals surface area contributed by atoms with Crippen LogP contribution < -0.4 is 11.0 Å². The van der Waals surface area contributed by atoms with Gasteiger partial charge in [0.25, 0.3) is 11.5 Å². The second-order valence-corrected chi connectivity index (χ2v) is 8.14. The second kappa shape index (κ2) is 7.63. The van der Waals surface area contributed by atoms with Crippen molar-refractivity contribution in [2.75, 3.05) is 0 Å². The summed E-state index contributed by atoms with van der Waals surface area (Å²) in [5.74, 6) is -0.152. The number of aromatic nitrogens is 2. The normalized spacial score (nSPS) is 16.4. The maximum atomic E-state index is 12.9. The highest BCUT2D eigenvalue weighted by Gasteiger charge is 2.23. The predicted molar refractivity (Wildman–Crippen MR) is 107 cm³/mol. The number of fused-ring (bicyclic) bond motifs is 3. The highest BCUT2D eigenvalue weighted by atomic mass is 32.1. The molecule has 0 spiro atoms. The molecular formula is C20H19FN4O2S. The Morgan fingerprint density at radius 3 is 3.00 bits per heavy atom. The number of benzene rings is 1. The number of thiophene rings is 1. The molecule has 28 heavy (non-hydrogen) atoms. The van der Waals surface area contributed by atoms with Gasteiger partial charge in [0.05, 0.1) is 17.9 Å². The van der Waals surface area contributed by atoms with Gasteiger partial charge in [0, 0.05) is 4.88 Å². The van der Waals surface area contributed by atoms with E-state index in [1.165, 1.54) is 34.1 Å². The van der Waals surface area contributed by atoms with Crippen LogP contribution in [-0.2, 0) is 24.2 Å². The highest BCUT2D eigenvalue weighted by molar-refractivity contribution is 7.18.